The van der Waals surface area contributed by atoms with Crippen molar-refractivity contribution in [2.45, 2.75) is 0 Å². The van der Waals surface area contributed by atoms with Crippen LogP contribution < -0.4 is 0 Å². The monoisotopic (exact) mass is 438 g/mol. The van der Waals surface area contributed by atoms with Crippen LogP contribution in [0.4, 0.5) is 0 Å². The average Bonchev–Trinajstić information content (AvgIpc) is 0. The van der Waals surface area contributed by atoms with Gasteiger partial charge in [-0.05, 0) is 0 Å². The fourth-order valence-electron chi connectivity index (χ4n) is 0. The minimum Gasteiger partial charge on any atom is 0 e. The van der Waals surface area contributed by atoms with Gasteiger partial charge < -0.3 is 0 Å². The van der Waals surface area contributed by atoms with Gasteiger partial charge in [-0.1, -0.05) is 0 Å². The van der Waals surface area contributed by atoms with E-state index >= 15 is 0 Å². The third-order valence-electron chi connectivity index (χ3n) is 0. The fraction of sp³-hybridized carbons (Fsp3) is 0. The summed E-state index contributed by atoms with van der Waals surface area (Å²) in [6.07, 6.45) is 0. The van der Waals surface area contributed by atoms with Crippen molar-refractivity contribution in [2.24, 2.45) is 0 Å². The zero-order valence-corrected chi connectivity index (χ0v) is 7.80. The van der Waals surface area contributed by atoms with Crippen LogP contribution in [0.15, 0.2) is 0 Å². The summed E-state index contributed by atoms with van der Waals surface area (Å²) >= 11 is 0. The van der Waals surface area contributed by atoms with Gasteiger partial charge in [0.2, 0.25) is 0 Å². The molecule has 0 rings (SSSR count). The molecule has 0 aromatic carbocycles. The van der Waals surface area contributed by atoms with Crippen LogP contribution in [-0.2, 0) is 19.5 Å². The maximum atomic E-state index is 0. The molecular weight excluding hydrogens is 437 g/mol. The van der Waals surface area contributed by atoms with Crippen molar-refractivity contribution in [3.05, 3.63) is 0 Å². The van der Waals surface area contributed by atoms with E-state index in [1.165, 1.54) is 0 Å². The third kappa shape index (κ3) is 17.7. The van der Waals surface area contributed by atoms with Gasteiger partial charge in [0.05, 0.1) is 0 Å². The second-order valence-corrected chi connectivity index (χ2v) is 0. The first-order chi connectivity index (χ1) is 0. The first kappa shape index (κ1) is 33.1. The minimum absolute atomic E-state index is 0. The van der Waals surface area contributed by atoms with Crippen LogP contribution >= 0.6 is 0 Å². The molecule has 0 aliphatic carbocycles. The molecule has 0 aliphatic heterocycles. The van der Waals surface area contributed by atoms with E-state index in [9.17, 15) is 0 Å². The molecule has 0 saturated heterocycles. The summed E-state index contributed by atoms with van der Waals surface area (Å²) in [5.41, 5.74) is 0. The van der Waals surface area contributed by atoms with Gasteiger partial charge in [0, 0.05) is 104 Å². The van der Waals surface area contributed by atoms with Crippen LogP contribution in [0.25, 0.3) is 0 Å². The van der Waals surface area contributed by atoms with Gasteiger partial charge in [0.25, 0.3) is 0 Å². The first-order valence-electron chi connectivity index (χ1n) is 0. The Balaban J connectivity index is 0. The molecule has 34 valence electrons. The van der Waals surface area contributed by atoms with E-state index in [4.69, 9.17) is 0 Å². The number of hydrogen-bond acceptors (Lipinski definition) is 0. The van der Waals surface area contributed by atoms with Crippen molar-refractivity contribution in [3.63, 3.8) is 0 Å². The summed E-state index contributed by atoms with van der Waals surface area (Å²) in [5, 5.41) is 0. The average molecular weight is 440 g/mol. The van der Waals surface area contributed by atoms with Gasteiger partial charge in [0.1, 0.15) is 0 Å². The van der Waals surface area contributed by atoms with Gasteiger partial charge in [-0.3, -0.25) is 0 Å². The topological polar surface area (TPSA) is 0 Å². The van der Waals surface area contributed by atoms with Crippen LogP contribution in [0.1, 0.15) is 0 Å². The molecule has 0 aromatic heterocycles. The van der Waals surface area contributed by atoms with Crippen molar-refractivity contribution >= 4 is 41.9 Å². The molecule has 5 heteroatoms. The normalized spacial score (nSPS) is 0. The van der Waals surface area contributed by atoms with Crippen LogP contribution in [0.3, 0.4) is 0 Å². The Hall–Kier alpha value is 4.75. The third-order valence-corrected chi connectivity index (χ3v) is 0. The summed E-state index contributed by atoms with van der Waals surface area (Å²) in [6, 6.07) is 0. The van der Waals surface area contributed by atoms with Crippen molar-refractivity contribution in [3.8, 4) is 0 Å². The molecule has 0 N–H and O–H groups in total. The van der Waals surface area contributed by atoms with Crippen molar-refractivity contribution < 1.29 is 104 Å². The molecule has 0 aliphatic rings. The molecule has 0 unspecified atom stereocenters. The maximum absolute atomic E-state index is 0. The number of hydrogen-bond donors (Lipinski definition) is 0. The van der Waals surface area contributed by atoms with Crippen LogP contribution in [0.2, 0.25) is 0 Å². The Morgan fingerprint density at radius 3 is 1.00 bits per heavy atom. The molecule has 0 spiro atoms. The molecule has 0 nitrogen and oxygen atoms in total. The molecule has 0 aromatic rings. The molecule has 0 radical (unpaired) electrons. The SMILES string of the molecule is [Er].[LiH].[MgH2].[Yb].[Zn]. The Bertz CT molecular complexity index is 11.6. The van der Waals surface area contributed by atoms with E-state index in [0.717, 1.165) is 0 Å². The predicted molar refractivity (Wildman–Crippen MR) is 15.7 cm³/mol. The summed E-state index contributed by atoms with van der Waals surface area (Å²) in [7, 11) is 0. The van der Waals surface area contributed by atoms with Gasteiger partial charge in [-0.2, -0.15) is 0 Å². The summed E-state index contributed by atoms with van der Waals surface area (Å²) < 4.78 is 0. The fourth-order valence-corrected chi connectivity index (χ4v) is 0. The van der Waals surface area contributed by atoms with Gasteiger partial charge in [0.15, 0.2) is 0 Å². The second kappa shape index (κ2) is 23.3. The second-order valence-electron chi connectivity index (χ2n) is 0. The molecule has 0 fully saturated rings. The molecule has 5 heavy (non-hydrogen) atoms. The Morgan fingerprint density at radius 1 is 1.00 bits per heavy atom. The van der Waals surface area contributed by atoms with E-state index < -0.39 is 0 Å². The van der Waals surface area contributed by atoms with Crippen molar-refractivity contribution in [1.82, 2.24) is 0 Å². The van der Waals surface area contributed by atoms with Gasteiger partial charge in [-0.15, -0.1) is 0 Å². The zero-order valence-electron chi connectivity index (χ0n) is 1.26. The minimum atomic E-state index is 0. The Kier molecular flexibility index (Phi) is 154. The van der Waals surface area contributed by atoms with Crippen molar-refractivity contribution in [2.75, 3.05) is 0 Å². The quantitative estimate of drug-likeness (QED) is 0.400. The standard InChI is InChI=1S/Er.Li.Mg.Yb.Zn.3H. The van der Waals surface area contributed by atoms with Crippen LogP contribution in [-0.4, -0.2) is 41.9 Å². The van der Waals surface area contributed by atoms with Crippen LogP contribution in [0, 0.1) is 84.2 Å². The molecule has 0 atom stereocenters. The number of rotatable bonds is 0. The first-order valence-corrected chi connectivity index (χ1v) is 0. The predicted octanol–water partition coefficient (Wildman–Crippen LogP) is -1.57. The summed E-state index contributed by atoms with van der Waals surface area (Å²) in [4.78, 5) is 0. The van der Waals surface area contributed by atoms with Crippen LogP contribution in [0.5, 0.6) is 0 Å². The van der Waals surface area contributed by atoms with Gasteiger partial charge >= 0.3 is 41.9 Å². The maximum Gasteiger partial charge on any atom is 0.316 e. The largest absolute Gasteiger partial charge is 0.316 e. The molecule has 0 saturated carbocycles. The summed E-state index contributed by atoms with van der Waals surface area (Å²) in [5.74, 6) is 0. The van der Waals surface area contributed by atoms with E-state index in [2.05, 4.69) is 0 Å². The Labute approximate surface area is 141 Å². The zero-order chi connectivity index (χ0) is 0. The molecule has 0 amide bonds. The van der Waals surface area contributed by atoms with E-state index in [0.29, 0.717) is 0 Å². The molecular formula is H3ErLiMgYbZn. The van der Waals surface area contributed by atoms with E-state index in [1.54, 1.807) is 0 Å². The molecule has 0 bridgehead atoms. The summed E-state index contributed by atoms with van der Waals surface area (Å²) in [6.45, 7) is 0. The van der Waals surface area contributed by atoms with Crippen molar-refractivity contribution in [1.29, 1.82) is 0 Å². The van der Waals surface area contributed by atoms with Gasteiger partial charge in [-0.25, -0.2) is 0 Å². The molecule has 0 heterocycles. The van der Waals surface area contributed by atoms with E-state index in [1.807, 2.05) is 0 Å². The Morgan fingerprint density at radius 2 is 1.00 bits per heavy atom. The smallest absolute Gasteiger partial charge is 0 e. The van der Waals surface area contributed by atoms with E-state index in [-0.39, 0.29) is 146 Å².